The van der Waals surface area contributed by atoms with Gasteiger partial charge in [-0.3, -0.25) is 19.9 Å². The van der Waals surface area contributed by atoms with Crippen LogP contribution in [0.25, 0.3) is 110 Å². The Morgan fingerprint density at radius 3 is 0.953 bits per heavy atom. The molecule has 86 heavy (non-hydrogen) atoms. The summed E-state index contributed by atoms with van der Waals surface area (Å²) in [5, 5.41) is 5.70. The summed E-state index contributed by atoms with van der Waals surface area (Å²) >= 11 is 0. The molecule has 416 valence electrons. The lowest BCUT2D eigenvalue weighted by atomic mass is 9.73. The van der Waals surface area contributed by atoms with Gasteiger partial charge >= 0.3 is 12.4 Å². The van der Waals surface area contributed by atoms with Crippen molar-refractivity contribution < 1.29 is 26.3 Å². The van der Waals surface area contributed by atoms with E-state index < -0.39 is 28.9 Å². The first-order valence-electron chi connectivity index (χ1n) is 27.8. The fourth-order valence-corrected chi connectivity index (χ4v) is 12.8. The lowest BCUT2D eigenvalue weighted by Gasteiger charge is -2.38. The lowest BCUT2D eigenvalue weighted by molar-refractivity contribution is -0.288. The molecule has 0 aliphatic rings. The zero-order chi connectivity index (χ0) is 58.3. The summed E-state index contributed by atoms with van der Waals surface area (Å²) in [4.78, 5) is 17.7. The summed E-state index contributed by atoms with van der Waals surface area (Å²) in [6.07, 6.45) is -0.284. The van der Waals surface area contributed by atoms with E-state index in [0.717, 1.165) is 108 Å². The van der Waals surface area contributed by atoms with Gasteiger partial charge in [-0.1, -0.05) is 121 Å². The molecule has 8 nitrogen and oxygen atoms in total. The molecule has 8 heterocycles. The van der Waals surface area contributed by atoms with Crippen molar-refractivity contribution in [2.24, 2.45) is 0 Å². The smallest absolute Gasteiger partial charge is 0.309 e. The summed E-state index contributed by atoms with van der Waals surface area (Å²) < 4.78 is 98.7. The third kappa shape index (κ3) is 8.22. The van der Waals surface area contributed by atoms with Gasteiger partial charge in [-0.2, -0.15) is 26.3 Å². The molecule has 0 saturated heterocycles. The first-order chi connectivity index (χ1) is 42.0. The minimum absolute atomic E-state index is 0.417. The van der Waals surface area contributed by atoms with E-state index in [4.69, 9.17) is 0 Å². The fraction of sp³-hybridized carbons (Fsp3) is 0.0556. The molecule has 0 amide bonds. The lowest BCUT2D eigenvalue weighted by Crippen LogP contribution is -2.54. The standard InChI is InChI=1S/C37H22F6N4.C35H24N4/c38-36(39,40)35(37(41,42)43,23-9-13-25(14-10-23)46-31-7-3-1-5-27(31)29-21-44-19-17-33(29)46)24-11-15-26(16-12-24)47-32-8-4-2-6-28(32)30-22-45-20-18-34(30)47;1-3-9-30-28(7-1)34-32(11-5-21-36-34)38(30)26-17-13-24(14-18-26)23-25-15-19-27(20-16-25)39-31-10-4-2-8-29(31)35-33(39)12-6-22-37-35/h1-22H;1-22H,23H2. The maximum absolute atomic E-state index is 15.1. The molecule has 0 radical (unpaired) electrons. The molecule has 8 aromatic heterocycles. The molecule has 0 fully saturated rings. The summed E-state index contributed by atoms with van der Waals surface area (Å²) in [5.41, 5.74) is 9.18. The Balaban J connectivity index is 0.000000148. The van der Waals surface area contributed by atoms with Gasteiger partial charge in [0.1, 0.15) is 0 Å². The Hall–Kier alpha value is -10.9. The molecular weight excluding hydrogens is 1090 g/mol. The highest BCUT2D eigenvalue weighted by atomic mass is 19.4. The van der Waals surface area contributed by atoms with Crippen molar-refractivity contribution in [3.8, 4) is 22.7 Å². The molecule has 0 aliphatic carbocycles. The molecule has 0 unspecified atom stereocenters. The monoisotopic (exact) mass is 1140 g/mol. The van der Waals surface area contributed by atoms with Gasteiger partial charge in [0.25, 0.3) is 0 Å². The van der Waals surface area contributed by atoms with Crippen molar-refractivity contribution in [2.75, 3.05) is 0 Å². The number of halogens is 6. The van der Waals surface area contributed by atoms with Crippen LogP contribution in [0.15, 0.2) is 268 Å². The fourth-order valence-electron chi connectivity index (χ4n) is 12.8. The van der Waals surface area contributed by atoms with E-state index in [0.29, 0.717) is 11.4 Å². The number of para-hydroxylation sites is 4. The second-order valence-electron chi connectivity index (χ2n) is 21.3. The highest BCUT2D eigenvalue weighted by molar-refractivity contribution is 6.11. The summed E-state index contributed by atoms with van der Waals surface area (Å²) in [6, 6.07) is 70.3. The third-order valence-electron chi connectivity index (χ3n) is 16.6. The normalized spacial score (nSPS) is 12.3. The van der Waals surface area contributed by atoms with Crippen molar-refractivity contribution in [3.05, 3.63) is 290 Å². The van der Waals surface area contributed by atoms with Gasteiger partial charge in [0.05, 0.1) is 55.2 Å². The molecule has 0 aliphatic heterocycles. The van der Waals surface area contributed by atoms with Gasteiger partial charge in [-0.05, 0) is 138 Å². The van der Waals surface area contributed by atoms with Crippen LogP contribution in [-0.4, -0.2) is 50.6 Å². The predicted octanol–water partition coefficient (Wildman–Crippen LogP) is 18.3. The highest BCUT2D eigenvalue weighted by Crippen LogP contribution is 2.56. The Kier molecular flexibility index (Phi) is 12.2. The number of rotatable bonds is 8. The zero-order valence-corrected chi connectivity index (χ0v) is 45.5. The molecule has 16 aromatic rings. The maximum Gasteiger partial charge on any atom is 0.411 e. The minimum atomic E-state index is -5.72. The van der Waals surface area contributed by atoms with Crippen molar-refractivity contribution in [2.45, 2.75) is 24.2 Å². The Morgan fingerprint density at radius 2 is 0.581 bits per heavy atom. The number of fused-ring (bicyclic) bond motifs is 12. The molecule has 14 heteroatoms. The van der Waals surface area contributed by atoms with Gasteiger partial charge in [-0.15, -0.1) is 0 Å². The topological polar surface area (TPSA) is 71.3 Å². The number of hydrogen-bond acceptors (Lipinski definition) is 4. The van der Waals surface area contributed by atoms with E-state index >= 15 is 26.3 Å². The van der Waals surface area contributed by atoms with Crippen LogP contribution >= 0.6 is 0 Å². The molecule has 0 bridgehead atoms. The first kappa shape index (κ1) is 52.0. The van der Waals surface area contributed by atoms with E-state index in [-0.39, 0.29) is 0 Å². The quantitative estimate of drug-likeness (QED) is 0.142. The molecule has 0 spiro atoms. The number of benzene rings is 8. The average Bonchev–Trinajstić information content (AvgIpc) is 1.50. The van der Waals surface area contributed by atoms with Crippen molar-refractivity contribution in [3.63, 3.8) is 0 Å². The van der Waals surface area contributed by atoms with Crippen molar-refractivity contribution in [1.82, 2.24) is 38.2 Å². The number of hydrogen-bond donors (Lipinski definition) is 0. The molecule has 0 saturated carbocycles. The number of nitrogens with zero attached hydrogens (tertiary/aromatic N) is 8. The van der Waals surface area contributed by atoms with Crippen LogP contribution in [0.1, 0.15) is 22.3 Å². The Morgan fingerprint density at radius 1 is 0.279 bits per heavy atom. The summed E-state index contributed by atoms with van der Waals surface area (Å²) in [5.74, 6) is 0. The van der Waals surface area contributed by atoms with Gasteiger partial charge in [0.15, 0.2) is 0 Å². The number of pyridine rings is 4. The minimum Gasteiger partial charge on any atom is -0.309 e. The van der Waals surface area contributed by atoms with E-state index in [1.807, 2.05) is 73.1 Å². The van der Waals surface area contributed by atoms with Crippen LogP contribution in [0.3, 0.4) is 0 Å². The van der Waals surface area contributed by atoms with Crippen LogP contribution < -0.4 is 0 Å². The van der Waals surface area contributed by atoms with Gasteiger partial charge in [-0.25, -0.2) is 0 Å². The van der Waals surface area contributed by atoms with E-state index in [1.165, 1.54) is 57.2 Å². The number of alkyl halides is 6. The Bertz CT molecular complexity index is 4690. The number of aromatic nitrogens is 8. The maximum atomic E-state index is 15.1. The van der Waals surface area contributed by atoms with Crippen LogP contribution in [0.2, 0.25) is 0 Å². The third-order valence-corrected chi connectivity index (χ3v) is 16.6. The Labute approximate surface area is 486 Å². The molecular formula is C72H46F6N8. The second kappa shape index (κ2) is 20.2. The summed E-state index contributed by atoms with van der Waals surface area (Å²) in [7, 11) is 0. The first-order valence-corrected chi connectivity index (χ1v) is 27.8. The van der Waals surface area contributed by atoms with Crippen LogP contribution in [0, 0.1) is 0 Å². The van der Waals surface area contributed by atoms with Crippen molar-refractivity contribution in [1.29, 1.82) is 0 Å². The highest BCUT2D eigenvalue weighted by Gasteiger charge is 2.72. The SMILES string of the molecule is FC(F)(F)C(c1ccc(-n2c3ccccc3c3cnccc32)cc1)(c1ccc(-n2c3ccccc3c3cnccc32)cc1)C(F)(F)F.c1ccc2c(c1)c1ncccc1n2-c1ccc(Cc2ccc(-n3c4ccccc4c4ncccc43)cc2)cc1. The van der Waals surface area contributed by atoms with Crippen LogP contribution in [-0.2, 0) is 11.8 Å². The average molecular weight is 1140 g/mol. The zero-order valence-electron chi connectivity index (χ0n) is 45.5. The molecule has 0 N–H and O–H groups in total. The van der Waals surface area contributed by atoms with E-state index in [2.05, 4.69) is 138 Å². The summed E-state index contributed by atoms with van der Waals surface area (Å²) in [6.45, 7) is 0. The van der Waals surface area contributed by atoms with E-state index in [9.17, 15) is 0 Å². The van der Waals surface area contributed by atoms with Gasteiger partial charge in [0.2, 0.25) is 5.41 Å². The van der Waals surface area contributed by atoms with Gasteiger partial charge in [0, 0.05) is 92.2 Å². The van der Waals surface area contributed by atoms with Crippen LogP contribution in [0.4, 0.5) is 26.3 Å². The molecule has 16 rings (SSSR count). The van der Waals surface area contributed by atoms with Crippen LogP contribution in [0.5, 0.6) is 0 Å². The second-order valence-corrected chi connectivity index (χ2v) is 21.3. The van der Waals surface area contributed by atoms with E-state index in [1.54, 1.807) is 46.1 Å². The largest absolute Gasteiger partial charge is 0.411 e. The van der Waals surface area contributed by atoms with Crippen molar-refractivity contribution >= 4 is 87.5 Å². The van der Waals surface area contributed by atoms with Gasteiger partial charge < -0.3 is 18.3 Å². The molecule has 8 aromatic carbocycles. The molecule has 0 atom stereocenters. The predicted molar refractivity (Wildman–Crippen MR) is 330 cm³/mol.